The highest BCUT2D eigenvalue weighted by Crippen LogP contribution is 2.54. The van der Waals surface area contributed by atoms with Crippen LogP contribution in [-0.2, 0) is 0 Å². The molecule has 1 N–H and O–H groups in total. The molecule has 0 radical (unpaired) electrons. The Kier molecular flexibility index (Phi) is 1.88. The molecule has 0 aliphatic heterocycles. The molecule has 1 heteroatoms. The van der Waals surface area contributed by atoms with Gasteiger partial charge in [0.05, 0.1) is 6.10 Å². The number of aliphatic hydroxyl groups excluding tert-OH is 1. The van der Waals surface area contributed by atoms with E-state index in [1.54, 1.807) is 0 Å². The molecule has 0 spiro atoms. The van der Waals surface area contributed by atoms with E-state index in [1.807, 2.05) is 0 Å². The minimum atomic E-state index is -0.0287. The second kappa shape index (κ2) is 3.09. The molecular formula is C13H16O. The molecule has 4 unspecified atom stereocenters. The van der Waals surface area contributed by atoms with Gasteiger partial charge in [-0.2, -0.15) is 0 Å². The van der Waals surface area contributed by atoms with Gasteiger partial charge in [0.2, 0.25) is 0 Å². The maximum atomic E-state index is 9.85. The summed E-state index contributed by atoms with van der Waals surface area (Å²) in [6, 6.07) is 10.7. The summed E-state index contributed by atoms with van der Waals surface area (Å²) in [4.78, 5) is 0. The molecule has 2 aliphatic rings. The Morgan fingerprint density at radius 2 is 1.86 bits per heavy atom. The summed E-state index contributed by atoms with van der Waals surface area (Å²) in [6.07, 6.45) is 3.55. The summed E-state index contributed by atoms with van der Waals surface area (Å²) in [5, 5.41) is 9.85. The number of benzene rings is 1. The van der Waals surface area contributed by atoms with Crippen LogP contribution < -0.4 is 0 Å². The first-order valence-electron chi connectivity index (χ1n) is 5.59. The molecule has 74 valence electrons. The van der Waals surface area contributed by atoms with E-state index in [4.69, 9.17) is 0 Å². The predicted octanol–water partition coefficient (Wildman–Crippen LogP) is 2.56. The molecule has 4 atom stereocenters. The van der Waals surface area contributed by atoms with Crippen LogP contribution in [0.15, 0.2) is 30.3 Å². The van der Waals surface area contributed by atoms with E-state index >= 15 is 0 Å². The third-order valence-corrected chi connectivity index (χ3v) is 4.06. The molecule has 1 nitrogen and oxygen atoms in total. The van der Waals surface area contributed by atoms with Gasteiger partial charge in [0.1, 0.15) is 0 Å². The lowest BCUT2D eigenvalue weighted by atomic mass is 9.89. The second-order valence-electron chi connectivity index (χ2n) is 4.74. The van der Waals surface area contributed by atoms with E-state index in [-0.39, 0.29) is 6.10 Å². The Bertz CT molecular complexity index is 319. The van der Waals surface area contributed by atoms with Crippen molar-refractivity contribution in [1.82, 2.24) is 0 Å². The number of fused-ring (bicyclic) bond motifs is 2. The first kappa shape index (κ1) is 8.49. The lowest BCUT2D eigenvalue weighted by Gasteiger charge is -2.17. The van der Waals surface area contributed by atoms with Gasteiger partial charge in [-0.05, 0) is 42.6 Å². The maximum Gasteiger partial charge on any atom is 0.0577 e. The minimum Gasteiger partial charge on any atom is -0.393 e. The van der Waals surface area contributed by atoms with Crippen LogP contribution in [-0.4, -0.2) is 11.2 Å². The average molecular weight is 188 g/mol. The van der Waals surface area contributed by atoms with Crippen LogP contribution in [0.25, 0.3) is 0 Å². The van der Waals surface area contributed by atoms with E-state index in [9.17, 15) is 5.11 Å². The van der Waals surface area contributed by atoms with Crippen molar-refractivity contribution in [3.05, 3.63) is 35.9 Å². The van der Waals surface area contributed by atoms with Crippen molar-refractivity contribution in [2.45, 2.75) is 31.3 Å². The smallest absolute Gasteiger partial charge is 0.0577 e. The fourth-order valence-electron chi connectivity index (χ4n) is 3.49. The van der Waals surface area contributed by atoms with Crippen LogP contribution in [0.2, 0.25) is 0 Å². The predicted molar refractivity (Wildman–Crippen MR) is 56.0 cm³/mol. The van der Waals surface area contributed by atoms with Crippen LogP contribution in [0.1, 0.15) is 30.7 Å². The second-order valence-corrected chi connectivity index (χ2v) is 4.74. The Morgan fingerprint density at radius 1 is 1.07 bits per heavy atom. The lowest BCUT2D eigenvalue weighted by Crippen LogP contribution is -2.16. The molecule has 0 aromatic heterocycles. The van der Waals surface area contributed by atoms with Crippen LogP contribution in [0, 0.1) is 11.8 Å². The molecule has 3 rings (SSSR count). The van der Waals surface area contributed by atoms with Crippen molar-refractivity contribution in [2.24, 2.45) is 11.8 Å². The van der Waals surface area contributed by atoms with Gasteiger partial charge in [-0.25, -0.2) is 0 Å². The van der Waals surface area contributed by atoms with Crippen molar-refractivity contribution in [3.8, 4) is 0 Å². The molecule has 0 heterocycles. The lowest BCUT2D eigenvalue weighted by molar-refractivity contribution is 0.111. The molecule has 2 fully saturated rings. The Morgan fingerprint density at radius 3 is 2.43 bits per heavy atom. The van der Waals surface area contributed by atoms with Crippen molar-refractivity contribution in [1.29, 1.82) is 0 Å². The van der Waals surface area contributed by atoms with E-state index in [0.717, 1.165) is 12.3 Å². The van der Waals surface area contributed by atoms with Gasteiger partial charge in [0, 0.05) is 0 Å². The van der Waals surface area contributed by atoms with Gasteiger partial charge in [0.15, 0.2) is 0 Å². The van der Waals surface area contributed by atoms with Gasteiger partial charge in [0.25, 0.3) is 0 Å². The fraction of sp³-hybridized carbons (Fsp3) is 0.538. The van der Waals surface area contributed by atoms with Gasteiger partial charge < -0.3 is 5.11 Å². The van der Waals surface area contributed by atoms with Crippen LogP contribution >= 0.6 is 0 Å². The van der Waals surface area contributed by atoms with Crippen molar-refractivity contribution >= 4 is 0 Å². The quantitative estimate of drug-likeness (QED) is 0.718. The first-order chi connectivity index (χ1) is 6.86. The zero-order valence-corrected chi connectivity index (χ0v) is 8.26. The number of hydrogen-bond donors (Lipinski definition) is 1. The van der Waals surface area contributed by atoms with E-state index in [2.05, 4.69) is 30.3 Å². The largest absolute Gasteiger partial charge is 0.393 e. The van der Waals surface area contributed by atoms with Gasteiger partial charge in [-0.3, -0.25) is 0 Å². The van der Waals surface area contributed by atoms with E-state index in [1.165, 1.54) is 18.4 Å². The van der Waals surface area contributed by atoms with Crippen molar-refractivity contribution < 1.29 is 5.11 Å². The van der Waals surface area contributed by atoms with Crippen LogP contribution in [0.3, 0.4) is 0 Å². The molecule has 14 heavy (non-hydrogen) atoms. The Balaban J connectivity index is 1.94. The summed E-state index contributed by atoms with van der Waals surface area (Å²) in [6.45, 7) is 0. The SMILES string of the molecule is OC1CC2CCC1C2c1ccccc1. The molecular weight excluding hydrogens is 172 g/mol. The average Bonchev–Trinajstić information content (AvgIpc) is 2.75. The molecule has 0 amide bonds. The van der Waals surface area contributed by atoms with Crippen molar-refractivity contribution in [2.75, 3.05) is 0 Å². The molecule has 0 saturated heterocycles. The molecule has 1 aromatic carbocycles. The molecule has 2 saturated carbocycles. The molecule has 1 aromatic rings. The third kappa shape index (κ3) is 1.12. The monoisotopic (exact) mass is 188 g/mol. The summed E-state index contributed by atoms with van der Waals surface area (Å²) in [5.74, 6) is 1.94. The van der Waals surface area contributed by atoms with Gasteiger partial charge >= 0.3 is 0 Å². The fourth-order valence-corrected chi connectivity index (χ4v) is 3.49. The van der Waals surface area contributed by atoms with Gasteiger partial charge in [-0.15, -0.1) is 0 Å². The highest BCUT2D eigenvalue weighted by molar-refractivity contribution is 5.25. The maximum absolute atomic E-state index is 9.85. The van der Waals surface area contributed by atoms with Crippen LogP contribution in [0.4, 0.5) is 0 Å². The first-order valence-corrected chi connectivity index (χ1v) is 5.59. The Labute approximate surface area is 84.8 Å². The zero-order valence-electron chi connectivity index (χ0n) is 8.26. The summed E-state index contributed by atoms with van der Waals surface area (Å²) in [7, 11) is 0. The van der Waals surface area contributed by atoms with E-state index in [0.29, 0.717) is 11.8 Å². The minimum absolute atomic E-state index is 0.0287. The standard InChI is InChI=1S/C13H16O/c14-12-8-10-6-7-11(12)13(10)9-4-2-1-3-5-9/h1-5,10-14H,6-8H2. The highest BCUT2D eigenvalue weighted by Gasteiger charge is 2.47. The number of hydrogen-bond acceptors (Lipinski definition) is 1. The van der Waals surface area contributed by atoms with Gasteiger partial charge in [-0.1, -0.05) is 30.3 Å². The Hall–Kier alpha value is -0.820. The number of rotatable bonds is 1. The molecule has 2 aliphatic carbocycles. The van der Waals surface area contributed by atoms with Crippen molar-refractivity contribution in [3.63, 3.8) is 0 Å². The topological polar surface area (TPSA) is 20.2 Å². The molecule has 2 bridgehead atoms. The number of aliphatic hydroxyl groups is 1. The zero-order chi connectivity index (χ0) is 9.54. The van der Waals surface area contributed by atoms with Crippen LogP contribution in [0.5, 0.6) is 0 Å². The summed E-state index contributed by atoms with van der Waals surface area (Å²) < 4.78 is 0. The third-order valence-electron chi connectivity index (χ3n) is 4.06. The highest BCUT2D eigenvalue weighted by atomic mass is 16.3. The van der Waals surface area contributed by atoms with E-state index < -0.39 is 0 Å². The summed E-state index contributed by atoms with van der Waals surface area (Å²) >= 11 is 0. The summed E-state index contributed by atoms with van der Waals surface area (Å²) in [5.41, 5.74) is 1.44. The normalized spacial score (nSPS) is 40.4.